The zero-order chi connectivity index (χ0) is 15.3. The molecule has 1 aliphatic heterocycles. The van der Waals surface area contributed by atoms with Crippen molar-refractivity contribution in [1.82, 2.24) is 4.90 Å². The maximum atomic E-state index is 13.4. The highest BCUT2D eigenvalue weighted by Crippen LogP contribution is 2.34. The number of hydrogen-bond donors (Lipinski definition) is 1. The summed E-state index contributed by atoms with van der Waals surface area (Å²) in [6.07, 6.45) is 4.72. The monoisotopic (exact) mass is 293 g/mol. The van der Waals surface area contributed by atoms with Gasteiger partial charge in [0, 0.05) is 24.1 Å². The fourth-order valence-corrected chi connectivity index (χ4v) is 3.22. The van der Waals surface area contributed by atoms with Gasteiger partial charge >= 0.3 is 0 Å². The maximum absolute atomic E-state index is 13.4. The van der Waals surface area contributed by atoms with Crippen molar-refractivity contribution in [3.8, 4) is 5.75 Å². The van der Waals surface area contributed by atoms with E-state index in [1.54, 1.807) is 13.2 Å². The highest BCUT2D eigenvalue weighted by atomic mass is 19.1. The average Bonchev–Trinajstić information content (AvgIpc) is 2.48. The van der Waals surface area contributed by atoms with Crippen LogP contribution in [0.1, 0.15) is 24.8 Å². The van der Waals surface area contributed by atoms with Crippen molar-refractivity contribution < 1.29 is 14.2 Å². The molecular weight excluding hydrogens is 269 g/mol. The molecule has 1 N–H and O–H groups in total. The number of piperidine rings is 1. The zero-order valence-corrected chi connectivity index (χ0v) is 12.6. The molecule has 0 saturated carbocycles. The van der Waals surface area contributed by atoms with E-state index in [9.17, 15) is 9.50 Å². The van der Waals surface area contributed by atoms with Crippen LogP contribution >= 0.6 is 0 Å². The second-order valence-corrected chi connectivity index (χ2v) is 5.92. The number of likely N-dealkylation sites (tertiary alicyclic amines) is 1. The van der Waals surface area contributed by atoms with Crippen molar-refractivity contribution in [2.75, 3.05) is 26.8 Å². The molecule has 0 aromatic heterocycles. The Morgan fingerprint density at radius 2 is 2.33 bits per heavy atom. The summed E-state index contributed by atoms with van der Waals surface area (Å²) in [5, 5.41) is 9.74. The number of benzene rings is 1. The first kappa shape index (κ1) is 16.0. The smallest absolute Gasteiger partial charge is 0.123 e. The molecule has 0 spiro atoms. The molecule has 21 heavy (non-hydrogen) atoms. The summed E-state index contributed by atoms with van der Waals surface area (Å²) >= 11 is 0. The lowest BCUT2D eigenvalue weighted by atomic mass is 9.77. The van der Waals surface area contributed by atoms with E-state index in [1.165, 1.54) is 12.1 Å². The van der Waals surface area contributed by atoms with E-state index in [1.807, 2.05) is 6.08 Å². The zero-order valence-electron chi connectivity index (χ0n) is 12.6. The maximum Gasteiger partial charge on any atom is 0.123 e. The van der Waals surface area contributed by atoms with Gasteiger partial charge in [0.25, 0.3) is 0 Å². The Hall–Kier alpha value is -1.39. The van der Waals surface area contributed by atoms with Crippen LogP contribution in [-0.2, 0) is 6.54 Å². The Kier molecular flexibility index (Phi) is 5.37. The molecule has 0 bridgehead atoms. The number of nitrogens with zero attached hydrogens (tertiary/aromatic N) is 1. The van der Waals surface area contributed by atoms with Gasteiger partial charge in [0.15, 0.2) is 0 Å². The topological polar surface area (TPSA) is 32.7 Å². The molecule has 1 aromatic rings. The predicted molar refractivity (Wildman–Crippen MR) is 81.8 cm³/mol. The molecular formula is C17H24FNO2. The van der Waals surface area contributed by atoms with Crippen LogP contribution in [0.4, 0.5) is 4.39 Å². The lowest BCUT2D eigenvalue weighted by Gasteiger charge is -2.41. The minimum Gasteiger partial charge on any atom is -0.496 e. The van der Waals surface area contributed by atoms with Gasteiger partial charge < -0.3 is 9.84 Å². The van der Waals surface area contributed by atoms with Crippen molar-refractivity contribution in [1.29, 1.82) is 0 Å². The van der Waals surface area contributed by atoms with E-state index >= 15 is 0 Å². The van der Waals surface area contributed by atoms with Crippen molar-refractivity contribution in [3.05, 3.63) is 42.2 Å². The summed E-state index contributed by atoms with van der Waals surface area (Å²) in [6, 6.07) is 4.60. The van der Waals surface area contributed by atoms with Crippen molar-refractivity contribution in [2.24, 2.45) is 5.41 Å². The van der Waals surface area contributed by atoms with Crippen LogP contribution in [0, 0.1) is 11.2 Å². The number of aliphatic hydroxyl groups is 1. The first-order valence-electron chi connectivity index (χ1n) is 7.39. The Morgan fingerprint density at radius 3 is 3.00 bits per heavy atom. The van der Waals surface area contributed by atoms with Crippen LogP contribution < -0.4 is 4.74 Å². The van der Waals surface area contributed by atoms with Crippen LogP contribution in [-0.4, -0.2) is 36.8 Å². The number of ether oxygens (including phenoxy) is 1. The van der Waals surface area contributed by atoms with E-state index in [0.717, 1.165) is 37.9 Å². The lowest BCUT2D eigenvalue weighted by molar-refractivity contribution is 0.0306. The molecule has 0 unspecified atom stereocenters. The Bertz CT molecular complexity index is 492. The standard InChI is InChI=1S/C17H24FNO2/c1-3-7-17(13-20)8-4-9-19(12-17)11-14-10-15(18)5-6-16(14)21-2/h3,5-6,10,20H,1,4,7-9,11-13H2,2H3/t17-/m1/s1. The van der Waals surface area contributed by atoms with Gasteiger partial charge in [0.05, 0.1) is 13.7 Å². The second kappa shape index (κ2) is 7.05. The highest BCUT2D eigenvalue weighted by Gasteiger charge is 2.34. The van der Waals surface area contributed by atoms with Crippen molar-refractivity contribution in [3.63, 3.8) is 0 Å². The van der Waals surface area contributed by atoms with Crippen LogP contribution in [0.25, 0.3) is 0 Å². The molecule has 1 aromatic carbocycles. The Morgan fingerprint density at radius 1 is 1.52 bits per heavy atom. The van der Waals surface area contributed by atoms with Crippen LogP contribution in [0.5, 0.6) is 5.75 Å². The molecule has 0 aliphatic carbocycles. The van der Waals surface area contributed by atoms with Gasteiger partial charge in [-0.3, -0.25) is 4.90 Å². The summed E-state index contributed by atoms with van der Waals surface area (Å²) in [5.74, 6) is 0.461. The third kappa shape index (κ3) is 3.83. The van der Waals surface area contributed by atoms with E-state index in [0.29, 0.717) is 12.3 Å². The van der Waals surface area contributed by atoms with E-state index in [4.69, 9.17) is 4.74 Å². The van der Waals surface area contributed by atoms with Crippen molar-refractivity contribution >= 4 is 0 Å². The number of aliphatic hydroxyl groups excluding tert-OH is 1. The largest absolute Gasteiger partial charge is 0.496 e. The molecule has 3 nitrogen and oxygen atoms in total. The lowest BCUT2D eigenvalue weighted by Crippen LogP contribution is -2.44. The second-order valence-electron chi connectivity index (χ2n) is 5.92. The van der Waals surface area contributed by atoms with E-state index in [-0.39, 0.29) is 17.8 Å². The number of allylic oxidation sites excluding steroid dienone is 1. The van der Waals surface area contributed by atoms with Crippen LogP contribution in [0.3, 0.4) is 0 Å². The molecule has 2 rings (SSSR count). The summed E-state index contributed by atoms with van der Waals surface area (Å²) in [6.45, 7) is 6.36. The van der Waals surface area contributed by atoms with Gasteiger partial charge in [-0.1, -0.05) is 6.08 Å². The molecule has 1 saturated heterocycles. The number of rotatable bonds is 6. The van der Waals surface area contributed by atoms with Gasteiger partial charge in [-0.2, -0.15) is 0 Å². The van der Waals surface area contributed by atoms with Gasteiger partial charge in [-0.25, -0.2) is 4.39 Å². The molecule has 0 amide bonds. The number of methoxy groups -OCH3 is 1. The first-order valence-corrected chi connectivity index (χ1v) is 7.39. The van der Waals surface area contributed by atoms with Gasteiger partial charge in [-0.05, 0) is 44.0 Å². The minimum absolute atomic E-state index is 0.111. The normalized spacial score (nSPS) is 23.0. The SMILES string of the molecule is C=CC[C@@]1(CO)CCCN(Cc2cc(F)ccc2OC)C1. The summed E-state index contributed by atoms with van der Waals surface area (Å²) in [5.41, 5.74) is 0.741. The third-order valence-electron chi connectivity index (χ3n) is 4.29. The highest BCUT2D eigenvalue weighted by molar-refractivity contribution is 5.33. The fraction of sp³-hybridized carbons (Fsp3) is 0.529. The van der Waals surface area contributed by atoms with Gasteiger partial charge in [0.2, 0.25) is 0 Å². The Labute approximate surface area is 126 Å². The molecule has 0 radical (unpaired) electrons. The minimum atomic E-state index is -0.248. The summed E-state index contributed by atoms with van der Waals surface area (Å²) in [7, 11) is 1.60. The van der Waals surface area contributed by atoms with Crippen LogP contribution in [0.2, 0.25) is 0 Å². The predicted octanol–water partition coefficient (Wildman–Crippen LogP) is 2.98. The van der Waals surface area contributed by atoms with E-state index in [2.05, 4.69) is 11.5 Å². The van der Waals surface area contributed by atoms with E-state index < -0.39 is 0 Å². The fourth-order valence-electron chi connectivity index (χ4n) is 3.22. The third-order valence-corrected chi connectivity index (χ3v) is 4.29. The first-order chi connectivity index (χ1) is 10.1. The molecule has 1 atom stereocenters. The quantitative estimate of drug-likeness (QED) is 0.819. The number of hydrogen-bond acceptors (Lipinski definition) is 3. The molecule has 1 fully saturated rings. The molecule has 116 valence electrons. The van der Waals surface area contributed by atoms with Gasteiger partial charge in [0.1, 0.15) is 11.6 Å². The molecule has 4 heteroatoms. The molecule has 1 aliphatic rings. The average molecular weight is 293 g/mol. The molecule has 1 heterocycles. The number of halogens is 1. The van der Waals surface area contributed by atoms with Crippen molar-refractivity contribution in [2.45, 2.75) is 25.8 Å². The van der Waals surface area contributed by atoms with Gasteiger partial charge in [-0.15, -0.1) is 6.58 Å². The summed E-state index contributed by atoms with van der Waals surface area (Å²) in [4.78, 5) is 2.26. The summed E-state index contributed by atoms with van der Waals surface area (Å²) < 4.78 is 18.8. The Balaban J connectivity index is 2.12. The van der Waals surface area contributed by atoms with Crippen LogP contribution in [0.15, 0.2) is 30.9 Å².